The third kappa shape index (κ3) is 3.06. The Morgan fingerprint density at radius 1 is 1.38 bits per heavy atom. The van der Waals surface area contributed by atoms with E-state index >= 15 is 0 Å². The van der Waals surface area contributed by atoms with Crippen LogP contribution in [0.4, 0.5) is 5.82 Å². The molecule has 0 unspecified atom stereocenters. The Morgan fingerprint density at radius 2 is 2.10 bits per heavy atom. The van der Waals surface area contributed by atoms with Crippen molar-refractivity contribution in [3.63, 3.8) is 0 Å². The van der Waals surface area contributed by atoms with Crippen molar-refractivity contribution in [3.05, 3.63) is 41.0 Å². The van der Waals surface area contributed by atoms with Crippen molar-refractivity contribution in [2.75, 3.05) is 12.8 Å². The van der Waals surface area contributed by atoms with Crippen LogP contribution >= 0.6 is 11.9 Å². The number of fused-ring (bicyclic) bond motifs is 1. The van der Waals surface area contributed by atoms with E-state index in [2.05, 4.69) is 54.8 Å². The van der Waals surface area contributed by atoms with Crippen LogP contribution in [0.1, 0.15) is 43.4 Å². The van der Waals surface area contributed by atoms with Gasteiger partial charge in [0.15, 0.2) is 0 Å². The first kappa shape index (κ1) is 15.9. The zero-order valence-electron chi connectivity index (χ0n) is 13.3. The van der Waals surface area contributed by atoms with Crippen molar-refractivity contribution >= 4 is 33.6 Å². The summed E-state index contributed by atoms with van der Waals surface area (Å²) in [7, 11) is 1.91. The monoisotopic (exact) mass is 301 g/mol. The van der Waals surface area contributed by atoms with Crippen molar-refractivity contribution in [2.24, 2.45) is 0 Å². The fourth-order valence-electron chi connectivity index (χ4n) is 2.51. The van der Waals surface area contributed by atoms with Crippen molar-refractivity contribution in [1.29, 1.82) is 0 Å². The summed E-state index contributed by atoms with van der Waals surface area (Å²) in [5, 5.41) is 1.17. The molecule has 1 aromatic carbocycles. The van der Waals surface area contributed by atoms with Gasteiger partial charge >= 0.3 is 0 Å². The van der Waals surface area contributed by atoms with E-state index in [4.69, 9.17) is 5.73 Å². The molecule has 1 aromatic heterocycles. The van der Waals surface area contributed by atoms with Gasteiger partial charge in [0.05, 0.1) is 5.52 Å². The number of aromatic nitrogens is 1. The lowest BCUT2D eigenvalue weighted by Crippen LogP contribution is -2.03. The lowest BCUT2D eigenvalue weighted by atomic mass is 9.98. The fourth-order valence-corrected chi connectivity index (χ4v) is 3.20. The van der Waals surface area contributed by atoms with E-state index < -0.39 is 0 Å². The molecule has 0 aliphatic carbocycles. The van der Waals surface area contributed by atoms with Crippen LogP contribution in [0, 0.1) is 6.92 Å². The Hall–Kier alpha value is -1.52. The first-order valence-electron chi connectivity index (χ1n) is 7.19. The number of nitrogens with two attached hydrogens (primary N) is 1. The zero-order chi connectivity index (χ0) is 15.6. The van der Waals surface area contributed by atoms with Gasteiger partial charge in [-0.1, -0.05) is 32.1 Å². The van der Waals surface area contributed by atoms with Gasteiger partial charge in [-0.25, -0.2) is 4.98 Å². The number of pyridine rings is 1. The number of nitrogens with one attached hydrogen (secondary N) is 1. The molecule has 0 fully saturated rings. The molecule has 2 rings (SSSR count). The molecule has 2 aromatic rings. The van der Waals surface area contributed by atoms with Gasteiger partial charge in [-0.2, -0.15) is 0 Å². The molecule has 0 aliphatic heterocycles. The third-order valence-corrected chi connectivity index (χ3v) is 4.55. The van der Waals surface area contributed by atoms with Crippen molar-refractivity contribution in [1.82, 2.24) is 9.71 Å². The van der Waals surface area contributed by atoms with Crippen LogP contribution in [0.3, 0.4) is 0 Å². The average molecular weight is 301 g/mol. The van der Waals surface area contributed by atoms with E-state index in [0.717, 1.165) is 16.0 Å². The number of hydrogen-bond acceptors (Lipinski definition) is 4. The van der Waals surface area contributed by atoms with Crippen molar-refractivity contribution < 1.29 is 0 Å². The molecule has 3 nitrogen and oxygen atoms in total. The maximum Gasteiger partial charge on any atom is 0.132 e. The molecular weight excluding hydrogens is 278 g/mol. The van der Waals surface area contributed by atoms with Gasteiger partial charge < -0.3 is 5.73 Å². The minimum absolute atomic E-state index is 0.489. The summed E-state index contributed by atoms with van der Waals surface area (Å²) in [6.07, 6.45) is 2.07. The molecule has 21 heavy (non-hydrogen) atoms. The molecule has 0 aliphatic rings. The Balaban J connectivity index is 2.68. The number of anilines is 1. The van der Waals surface area contributed by atoms with Crippen LogP contribution in [0.5, 0.6) is 0 Å². The lowest BCUT2D eigenvalue weighted by molar-refractivity contribution is 0.868. The standard InChI is InChI=1S/C17H23N3S/c1-6-15(21-19-5)16-11(4)13-8-7-12(10(2)3)9-14(13)20-17(16)18/h6-10,19H,1-5H3,(H2,18,20)/b15-6+. The Labute approximate surface area is 131 Å². The summed E-state index contributed by atoms with van der Waals surface area (Å²) < 4.78 is 3.11. The smallest absolute Gasteiger partial charge is 0.132 e. The normalized spacial score (nSPS) is 12.4. The fraction of sp³-hybridized carbons (Fsp3) is 0.353. The number of nitrogen functional groups attached to an aromatic ring is 1. The number of aryl methyl sites for hydroxylation is 1. The highest BCUT2D eigenvalue weighted by atomic mass is 32.2. The predicted molar refractivity (Wildman–Crippen MR) is 95.3 cm³/mol. The number of nitrogens with zero attached hydrogens (tertiary/aromatic N) is 1. The molecule has 0 radical (unpaired) electrons. The van der Waals surface area contributed by atoms with Gasteiger partial charge in [-0.05, 0) is 56.0 Å². The highest BCUT2D eigenvalue weighted by Gasteiger charge is 2.14. The molecule has 1 heterocycles. The molecule has 3 N–H and O–H groups in total. The minimum atomic E-state index is 0.489. The average Bonchev–Trinajstić information content (AvgIpc) is 2.45. The Morgan fingerprint density at radius 3 is 2.67 bits per heavy atom. The van der Waals surface area contributed by atoms with E-state index in [9.17, 15) is 0 Å². The van der Waals surface area contributed by atoms with Crippen molar-refractivity contribution in [2.45, 2.75) is 33.6 Å². The highest BCUT2D eigenvalue weighted by molar-refractivity contribution is 8.06. The van der Waals surface area contributed by atoms with E-state index in [1.165, 1.54) is 16.5 Å². The molecule has 0 atom stereocenters. The third-order valence-electron chi connectivity index (χ3n) is 3.69. The van der Waals surface area contributed by atoms with Crippen LogP contribution in [0.2, 0.25) is 0 Å². The molecule has 112 valence electrons. The molecular formula is C17H23N3S. The molecule has 0 bridgehead atoms. The molecule has 0 saturated heterocycles. The minimum Gasteiger partial charge on any atom is -0.383 e. The molecule has 0 saturated carbocycles. The predicted octanol–water partition coefficient (Wildman–Crippen LogP) is 4.48. The molecule has 0 spiro atoms. The van der Waals surface area contributed by atoms with Crippen LogP contribution < -0.4 is 10.5 Å². The largest absolute Gasteiger partial charge is 0.383 e. The van der Waals surface area contributed by atoms with Gasteiger partial charge in [0, 0.05) is 15.9 Å². The topological polar surface area (TPSA) is 50.9 Å². The lowest BCUT2D eigenvalue weighted by Gasteiger charge is -2.15. The van der Waals surface area contributed by atoms with Gasteiger partial charge in [0.1, 0.15) is 5.82 Å². The summed E-state index contributed by atoms with van der Waals surface area (Å²) in [4.78, 5) is 5.73. The number of benzene rings is 1. The molecule has 0 amide bonds. The molecule has 4 heteroatoms. The van der Waals surface area contributed by atoms with Crippen LogP contribution in [-0.2, 0) is 0 Å². The van der Waals surface area contributed by atoms with E-state index in [0.29, 0.717) is 11.7 Å². The van der Waals surface area contributed by atoms with E-state index in [1.54, 1.807) is 11.9 Å². The number of hydrogen-bond donors (Lipinski definition) is 2. The number of allylic oxidation sites excluding steroid dienone is 1. The van der Waals surface area contributed by atoms with Gasteiger partial charge in [0.25, 0.3) is 0 Å². The number of rotatable bonds is 4. The van der Waals surface area contributed by atoms with Gasteiger partial charge in [-0.3, -0.25) is 4.72 Å². The summed E-state index contributed by atoms with van der Waals surface area (Å²) in [6.45, 7) is 8.51. The van der Waals surface area contributed by atoms with Crippen LogP contribution in [0.15, 0.2) is 24.3 Å². The quantitative estimate of drug-likeness (QED) is 0.818. The summed E-state index contributed by atoms with van der Waals surface area (Å²) in [6, 6.07) is 6.49. The van der Waals surface area contributed by atoms with Crippen molar-refractivity contribution in [3.8, 4) is 0 Å². The maximum absolute atomic E-state index is 6.23. The SMILES string of the molecule is C/C=C(/SNC)c1c(N)nc2cc(C(C)C)ccc2c1C. The second kappa shape index (κ2) is 6.50. The van der Waals surface area contributed by atoms with Crippen LogP contribution in [-0.4, -0.2) is 12.0 Å². The van der Waals surface area contributed by atoms with E-state index in [-0.39, 0.29) is 0 Å². The summed E-state index contributed by atoms with van der Waals surface area (Å²) >= 11 is 1.57. The zero-order valence-corrected chi connectivity index (χ0v) is 14.1. The van der Waals surface area contributed by atoms with Gasteiger partial charge in [0.2, 0.25) is 0 Å². The first-order chi connectivity index (χ1) is 9.99. The second-order valence-electron chi connectivity index (χ2n) is 5.39. The van der Waals surface area contributed by atoms with E-state index in [1.807, 2.05) is 14.0 Å². The Kier molecular flexibility index (Phi) is 4.91. The second-order valence-corrected chi connectivity index (χ2v) is 6.44. The Bertz CT molecular complexity index is 690. The van der Waals surface area contributed by atoms with Crippen LogP contribution in [0.25, 0.3) is 15.8 Å². The summed E-state index contributed by atoms with van der Waals surface area (Å²) in [5.74, 6) is 1.08. The maximum atomic E-state index is 6.23. The highest BCUT2D eigenvalue weighted by Crippen LogP contribution is 2.35. The van der Waals surface area contributed by atoms with Gasteiger partial charge in [-0.15, -0.1) is 0 Å². The first-order valence-corrected chi connectivity index (χ1v) is 8.01. The summed E-state index contributed by atoms with van der Waals surface area (Å²) in [5.41, 5.74) is 10.7.